The molecule has 0 heterocycles. The van der Waals surface area contributed by atoms with E-state index in [1.807, 2.05) is 0 Å². The van der Waals surface area contributed by atoms with Crippen molar-refractivity contribution >= 4 is 11.8 Å². The van der Waals surface area contributed by atoms with Crippen LogP contribution in [0.1, 0.15) is 46.1 Å². The number of anilines is 1. The van der Waals surface area contributed by atoms with Crippen molar-refractivity contribution < 1.29 is 19.7 Å². The Morgan fingerprint density at radius 1 is 1.38 bits per heavy atom. The predicted octanol–water partition coefficient (Wildman–Crippen LogP) is 3.15. The summed E-state index contributed by atoms with van der Waals surface area (Å²) in [4.78, 5) is 11.8. The fraction of sp³-hybridized carbons (Fsp3) is 0.562. The highest BCUT2D eigenvalue weighted by atomic mass is 16.6. The lowest BCUT2D eigenvalue weighted by Crippen LogP contribution is -2.27. The number of aromatic hydroxyl groups is 1. The number of phenols is 1. The van der Waals surface area contributed by atoms with E-state index >= 15 is 0 Å². The Bertz CT molecular complexity index is 542. The molecule has 1 aliphatic rings. The highest BCUT2D eigenvalue weighted by Crippen LogP contribution is 2.54. The smallest absolute Gasteiger partial charge is 0.412 e. The molecule has 0 spiro atoms. The Hall–Kier alpha value is -1.75. The number of aliphatic hydroxyl groups is 1. The van der Waals surface area contributed by atoms with E-state index < -0.39 is 23.2 Å². The lowest BCUT2D eigenvalue weighted by atomic mass is 9.89. The highest BCUT2D eigenvalue weighted by Gasteiger charge is 2.50. The van der Waals surface area contributed by atoms with Crippen LogP contribution in [-0.4, -0.2) is 28.0 Å². The van der Waals surface area contributed by atoms with Crippen LogP contribution in [-0.2, 0) is 10.2 Å². The Kier molecular flexibility index (Phi) is 3.89. The van der Waals surface area contributed by atoms with Crippen molar-refractivity contribution in [1.29, 1.82) is 0 Å². The molecule has 5 nitrogen and oxygen atoms in total. The van der Waals surface area contributed by atoms with Gasteiger partial charge in [0.25, 0.3) is 0 Å². The molecule has 0 radical (unpaired) electrons. The zero-order valence-corrected chi connectivity index (χ0v) is 12.9. The van der Waals surface area contributed by atoms with Gasteiger partial charge in [-0.05, 0) is 58.7 Å². The molecule has 1 fully saturated rings. The van der Waals surface area contributed by atoms with Crippen molar-refractivity contribution in [3.05, 3.63) is 23.8 Å². The molecule has 1 unspecified atom stereocenters. The minimum atomic E-state index is -0.568. The van der Waals surface area contributed by atoms with Gasteiger partial charge < -0.3 is 14.9 Å². The second kappa shape index (κ2) is 5.22. The van der Waals surface area contributed by atoms with Crippen molar-refractivity contribution in [3.63, 3.8) is 0 Å². The molecule has 1 atom stereocenters. The highest BCUT2D eigenvalue weighted by molar-refractivity contribution is 5.85. The van der Waals surface area contributed by atoms with E-state index in [0.29, 0.717) is 11.3 Å². The van der Waals surface area contributed by atoms with Crippen LogP contribution in [0.15, 0.2) is 18.2 Å². The lowest BCUT2D eigenvalue weighted by molar-refractivity contribution is 0.0636. The normalized spacial score (nSPS) is 18.0. The number of hydrogen-bond donors (Lipinski definition) is 3. The predicted molar refractivity (Wildman–Crippen MR) is 80.6 cm³/mol. The summed E-state index contributed by atoms with van der Waals surface area (Å²) in [6.45, 7) is 7.10. The van der Waals surface area contributed by atoms with Gasteiger partial charge in [0.1, 0.15) is 11.4 Å². The molecule has 1 aromatic carbocycles. The van der Waals surface area contributed by atoms with Gasteiger partial charge in [0.15, 0.2) is 0 Å². The number of ether oxygens (including phenoxy) is 1. The molecule has 1 amide bonds. The third-order valence-corrected chi connectivity index (χ3v) is 3.77. The van der Waals surface area contributed by atoms with Crippen molar-refractivity contribution in [1.82, 2.24) is 0 Å². The van der Waals surface area contributed by atoms with Crippen molar-refractivity contribution in [2.45, 2.75) is 57.7 Å². The van der Waals surface area contributed by atoms with Gasteiger partial charge in [-0.2, -0.15) is 0 Å². The van der Waals surface area contributed by atoms with Crippen molar-refractivity contribution in [2.75, 3.05) is 5.32 Å². The first-order chi connectivity index (χ1) is 9.64. The number of carbonyl (C=O) groups is 1. The summed E-state index contributed by atoms with van der Waals surface area (Å²) in [6, 6.07) is 4.85. The molecule has 0 aromatic heterocycles. The number of amides is 1. The standard InChI is InChI=1S/C16H23NO4/c1-10(18)16(7-8-16)12-9-11(5-6-13(12)19)17-14(20)21-15(2,3)4/h5-6,9-10,18-19H,7-8H2,1-4H3,(H,17,20). The maximum atomic E-state index is 11.8. The minimum absolute atomic E-state index is 0.142. The van der Waals surface area contributed by atoms with Crippen LogP contribution >= 0.6 is 0 Å². The summed E-state index contributed by atoms with van der Waals surface area (Å²) in [7, 11) is 0. The van der Waals surface area contributed by atoms with Gasteiger partial charge in [-0.1, -0.05) is 0 Å². The SMILES string of the molecule is CC(O)C1(c2cc(NC(=O)OC(C)(C)C)ccc2O)CC1. The summed E-state index contributed by atoms with van der Waals surface area (Å²) in [5.74, 6) is 0.142. The number of hydrogen-bond acceptors (Lipinski definition) is 4. The van der Waals surface area contributed by atoms with Crippen LogP contribution in [0.4, 0.5) is 10.5 Å². The first-order valence-corrected chi connectivity index (χ1v) is 7.16. The molecule has 116 valence electrons. The van der Waals surface area contributed by atoms with E-state index in [0.717, 1.165) is 12.8 Å². The van der Waals surface area contributed by atoms with E-state index in [9.17, 15) is 15.0 Å². The zero-order chi connectivity index (χ0) is 15.8. The Morgan fingerprint density at radius 2 is 2.00 bits per heavy atom. The average Bonchev–Trinajstić information content (AvgIpc) is 3.10. The third kappa shape index (κ3) is 3.47. The molecule has 21 heavy (non-hydrogen) atoms. The zero-order valence-electron chi connectivity index (χ0n) is 12.9. The largest absolute Gasteiger partial charge is 0.508 e. The summed E-state index contributed by atoms with van der Waals surface area (Å²) in [6.07, 6.45) is 0.573. The van der Waals surface area contributed by atoms with E-state index in [1.54, 1.807) is 39.8 Å². The maximum absolute atomic E-state index is 11.8. The van der Waals surface area contributed by atoms with Gasteiger partial charge in [-0.25, -0.2) is 4.79 Å². The van der Waals surface area contributed by atoms with E-state index in [4.69, 9.17) is 4.74 Å². The number of benzene rings is 1. The molecule has 5 heteroatoms. The lowest BCUT2D eigenvalue weighted by Gasteiger charge is -2.22. The van der Waals surface area contributed by atoms with Crippen LogP contribution in [0.2, 0.25) is 0 Å². The van der Waals surface area contributed by atoms with Crippen molar-refractivity contribution in [3.8, 4) is 5.75 Å². The molecule has 0 bridgehead atoms. The monoisotopic (exact) mass is 293 g/mol. The molecular formula is C16H23NO4. The van der Waals surface area contributed by atoms with E-state index in [-0.39, 0.29) is 5.75 Å². The molecular weight excluding hydrogens is 270 g/mol. The fourth-order valence-electron chi connectivity index (χ4n) is 2.48. The van der Waals surface area contributed by atoms with Gasteiger partial charge in [-0.15, -0.1) is 0 Å². The fourth-order valence-corrected chi connectivity index (χ4v) is 2.48. The molecule has 1 saturated carbocycles. The molecule has 1 aromatic rings. The van der Waals surface area contributed by atoms with Gasteiger partial charge in [-0.3, -0.25) is 5.32 Å². The number of carbonyl (C=O) groups excluding carboxylic acids is 1. The molecule has 3 N–H and O–H groups in total. The summed E-state index contributed by atoms with van der Waals surface area (Å²) < 4.78 is 5.20. The quantitative estimate of drug-likeness (QED) is 0.748. The first-order valence-electron chi connectivity index (χ1n) is 7.16. The first kappa shape index (κ1) is 15.6. The summed E-state index contributed by atoms with van der Waals surface area (Å²) in [5, 5.41) is 22.6. The van der Waals surface area contributed by atoms with E-state index in [2.05, 4.69) is 5.32 Å². The molecule has 1 aliphatic carbocycles. The minimum Gasteiger partial charge on any atom is -0.508 e. The summed E-state index contributed by atoms with van der Waals surface area (Å²) in [5.41, 5.74) is 0.256. The average molecular weight is 293 g/mol. The van der Waals surface area contributed by atoms with Crippen LogP contribution in [0.5, 0.6) is 5.75 Å². The van der Waals surface area contributed by atoms with Gasteiger partial charge >= 0.3 is 6.09 Å². The number of nitrogens with one attached hydrogen (secondary N) is 1. The second-order valence-corrected chi connectivity index (χ2v) is 6.69. The van der Waals surface area contributed by atoms with Crippen molar-refractivity contribution in [2.24, 2.45) is 0 Å². The van der Waals surface area contributed by atoms with Gasteiger partial charge in [0, 0.05) is 16.7 Å². The molecule has 2 rings (SSSR count). The van der Waals surface area contributed by atoms with Crippen LogP contribution in [0, 0.1) is 0 Å². The van der Waals surface area contributed by atoms with Crippen LogP contribution < -0.4 is 5.32 Å². The van der Waals surface area contributed by atoms with Crippen LogP contribution in [0.25, 0.3) is 0 Å². The molecule has 0 saturated heterocycles. The van der Waals surface area contributed by atoms with E-state index in [1.165, 1.54) is 6.07 Å². The molecule has 0 aliphatic heterocycles. The Labute approximate surface area is 124 Å². The Morgan fingerprint density at radius 3 is 2.48 bits per heavy atom. The second-order valence-electron chi connectivity index (χ2n) is 6.69. The number of rotatable bonds is 3. The van der Waals surface area contributed by atoms with Gasteiger partial charge in [0.2, 0.25) is 0 Å². The topological polar surface area (TPSA) is 78.8 Å². The maximum Gasteiger partial charge on any atom is 0.412 e. The van der Waals surface area contributed by atoms with Gasteiger partial charge in [0.05, 0.1) is 6.10 Å². The number of aliphatic hydroxyl groups excluding tert-OH is 1. The summed E-state index contributed by atoms with van der Waals surface area (Å²) >= 11 is 0. The Balaban J connectivity index is 2.18. The third-order valence-electron chi connectivity index (χ3n) is 3.77. The van der Waals surface area contributed by atoms with Crippen LogP contribution in [0.3, 0.4) is 0 Å². The number of phenolic OH excluding ortho intramolecular Hbond substituents is 1.